The zero-order valence-electron chi connectivity index (χ0n) is 8.77. The average Bonchev–Trinajstić information content (AvgIpc) is 2.68. The van der Waals surface area contributed by atoms with E-state index >= 15 is 0 Å². The summed E-state index contributed by atoms with van der Waals surface area (Å²) in [6.07, 6.45) is 0. The van der Waals surface area contributed by atoms with Gasteiger partial charge in [0.15, 0.2) is 0 Å². The molecule has 1 aliphatic heterocycles. The molecule has 0 aliphatic carbocycles. The molecule has 6 heteroatoms. The Morgan fingerprint density at radius 3 is 2.75 bits per heavy atom. The van der Waals surface area contributed by atoms with Crippen LogP contribution in [0.3, 0.4) is 0 Å². The summed E-state index contributed by atoms with van der Waals surface area (Å²) in [6, 6.07) is 3.62. The standard InChI is InChI=1S/C10H11BrN2O2S/c1-12-4-5-13(6-9(12)14)10(15)7-2-3-8(11)16-7/h2-3H,4-6H2,1H3. The van der Waals surface area contributed by atoms with Crippen LogP contribution in [-0.2, 0) is 4.79 Å². The summed E-state index contributed by atoms with van der Waals surface area (Å²) in [5, 5.41) is 0. The lowest BCUT2D eigenvalue weighted by Crippen LogP contribution is -2.50. The highest BCUT2D eigenvalue weighted by atomic mass is 79.9. The fourth-order valence-corrected chi connectivity index (χ4v) is 2.87. The minimum Gasteiger partial charge on any atom is -0.342 e. The molecule has 0 bridgehead atoms. The van der Waals surface area contributed by atoms with E-state index in [0.717, 1.165) is 3.79 Å². The van der Waals surface area contributed by atoms with Crippen molar-refractivity contribution < 1.29 is 9.59 Å². The molecule has 1 fully saturated rings. The van der Waals surface area contributed by atoms with E-state index in [1.165, 1.54) is 11.3 Å². The molecule has 2 heterocycles. The monoisotopic (exact) mass is 302 g/mol. The molecule has 2 rings (SSSR count). The van der Waals surface area contributed by atoms with Crippen LogP contribution in [0, 0.1) is 0 Å². The van der Waals surface area contributed by atoms with Crippen molar-refractivity contribution in [3.63, 3.8) is 0 Å². The second-order valence-corrected chi connectivity index (χ2v) is 6.11. The second-order valence-electron chi connectivity index (χ2n) is 3.65. The minimum absolute atomic E-state index is 0.00442. The zero-order chi connectivity index (χ0) is 11.7. The van der Waals surface area contributed by atoms with Gasteiger partial charge in [-0.3, -0.25) is 9.59 Å². The van der Waals surface area contributed by atoms with Crippen LogP contribution in [0.1, 0.15) is 9.67 Å². The molecule has 0 saturated carbocycles. The predicted molar refractivity (Wildman–Crippen MR) is 65.6 cm³/mol. The molecule has 2 amide bonds. The number of amides is 2. The normalized spacial score (nSPS) is 16.8. The van der Waals surface area contributed by atoms with E-state index in [1.54, 1.807) is 22.9 Å². The number of hydrogen-bond acceptors (Lipinski definition) is 3. The molecule has 1 aliphatic rings. The second kappa shape index (κ2) is 4.55. The third-order valence-corrected chi connectivity index (χ3v) is 4.14. The van der Waals surface area contributed by atoms with E-state index in [-0.39, 0.29) is 18.4 Å². The van der Waals surface area contributed by atoms with Crippen LogP contribution in [-0.4, -0.2) is 48.3 Å². The number of carbonyl (C=O) groups is 2. The summed E-state index contributed by atoms with van der Waals surface area (Å²) < 4.78 is 0.927. The summed E-state index contributed by atoms with van der Waals surface area (Å²) in [5.41, 5.74) is 0. The van der Waals surface area contributed by atoms with Crippen molar-refractivity contribution in [2.45, 2.75) is 0 Å². The number of likely N-dealkylation sites (N-methyl/N-ethyl adjacent to an activating group) is 1. The van der Waals surface area contributed by atoms with Gasteiger partial charge in [-0.15, -0.1) is 11.3 Å². The van der Waals surface area contributed by atoms with Crippen LogP contribution in [0.5, 0.6) is 0 Å². The Labute approximate surface area is 106 Å². The molecule has 0 atom stereocenters. The molecule has 0 radical (unpaired) electrons. The SMILES string of the molecule is CN1CCN(C(=O)c2ccc(Br)s2)CC1=O. The van der Waals surface area contributed by atoms with Crippen molar-refractivity contribution in [1.29, 1.82) is 0 Å². The number of thiophene rings is 1. The average molecular weight is 303 g/mol. The summed E-state index contributed by atoms with van der Waals surface area (Å²) in [6.45, 7) is 1.40. The number of nitrogens with zero attached hydrogens (tertiary/aromatic N) is 2. The quantitative estimate of drug-likeness (QED) is 0.787. The predicted octanol–water partition coefficient (Wildman–Crippen LogP) is 1.42. The number of rotatable bonds is 1. The lowest BCUT2D eigenvalue weighted by molar-refractivity contribution is -0.133. The van der Waals surface area contributed by atoms with E-state index in [9.17, 15) is 9.59 Å². The molecule has 16 heavy (non-hydrogen) atoms. The summed E-state index contributed by atoms with van der Waals surface area (Å²) in [5.74, 6) is -0.0626. The fourth-order valence-electron chi connectivity index (χ4n) is 1.52. The Kier molecular flexibility index (Phi) is 3.30. The maximum absolute atomic E-state index is 12.0. The third-order valence-electron chi connectivity index (χ3n) is 2.53. The first-order chi connectivity index (χ1) is 7.58. The first-order valence-corrected chi connectivity index (χ1v) is 6.47. The lowest BCUT2D eigenvalue weighted by atomic mass is 10.3. The van der Waals surface area contributed by atoms with Crippen molar-refractivity contribution in [2.75, 3.05) is 26.7 Å². The number of carbonyl (C=O) groups excluding carboxylic acids is 2. The third kappa shape index (κ3) is 2.27. The molecule has 1 aromatic rings. The fraction of sp³-hybridized carbons (Fsp3) is 0.400. The topological polar surface area (TPSA) is 40.6 Å². The maximum atomic E-state index is 12.0. The number of piperazine rings is 1. The number of halogens is 1. The summed E-state index contributed by atoms with van der Waals surface area (Å²) >= 11 is 4.71. The highest BCUT2D eigenvalue weighted by Crippen LogP contribution is 2.23. The number of hydrogen-bond donors (Lipinski definition) is 0. The molecule has 86 valence electrons. The molecular weight excluding hydrogens is 292 g/mol. The van der Waals surface area contributed by atoms with Crippen LogP contribution in [0.15, 0.2) is 15.9 Å². The van der Waals surface area contributed by atoms with E-state index in [4.69, 9.17) is 0 Å². The Balaban J connectivity index is 2.09. The highest BCUT2D eigenvalue weighted by molar-refractivity contribution is 9.11. The Morgan fingerprint density at radius 2 is 2.19 bits per heavy atom. The van der Waals surface area contributed by atoms with E-state index in [2.05, 4.69) is 15.9 Å². The molecule has 0 spiro atoms. The first kappa shape index (κ1) is 11.6. The largest absolute Gasteiger partial charge is 0.342 e. The molecule has 0 N–H and O–H groups in total. The molecular formula is C10H11BrN2O2S. The van der Waals surface area contributed by atoms with Crippen molar-refractivity contribution in [2.24, 2.45) is 0 Å². The van der Waals surface area contributed by atoms with Crippen LogP contribution in [0.25, 0.3) is 0 Å². The van der Waals surface area contributed by atoms with Crippen molar-refractivity contribution in [1.82, 2.24) is 9.80 Å². The van der Waals surface area contributed by atoms with Gasteiger partial charge >= 0.3 is 0 Å². The lowest BCUT2D eigenvalue weighted by Gasteiger charge is -2.31. The summed E-state index contributed by atoms with van der Waals surface area (Å²) in [4.78, 5) is 27.4. The van der Waals surface area contributed by atoms with Gasteiger partial charge in [-0.05, 0) is 28.1 Å². The molecule has 0 unspecified atom stereocenters. The van der Waals surface area contributed by atoms with Gasteiger partial charge in [0.25, 0.3) is 5.91 Å². The van der Waals surface area contributed by atoms with Crippen LogP contribution < -0.4 is 0 Å². The van der Waals surface area contributed by atoms with E-state index < -0.39 is 0 Å². The zero-order valence-corrected chi connectivity index (χ0v) is 11.2. The minimum atomic E-state index is -0.0582. The van der Waals surface area contributed by atoms with Gasteiger partial charge < -0.3 is 9.80 Å². The van der Waals surface area contributed by atoms with Crippen LogP contribution in [0.2, 0.25) is 0 Å². The molecule has 4 nitrogen and oxygen atoms in total. The van der Waals surface area contributed by atoms with Crippen molar-refractivity contribution >= 4 is 39.1 Å². The van der Waals surface area contributed by atoms with Gasteiger partial charge in [0.1, 0.15) is 6.54 Å². The van der Waals surface area contributed by atoms with E-state index in [1.807, 2.05) is 6.07 Å². The van der Waals surface area contributed by atoms with Gasteiger partial charge in [-0.2, -0.15) is 0 Å². The Hall–Kier alpha value is -0.880. The van der Waals surface area contributed by atoms with Gasteiger partial charge in [0, 0.05) is 20.1 Å². The summed E-state index contributed by atoms with van der Waals surface area (Å²) in [7, 11) is 1.76. The van der Waals surface area contributed by atoms with Crippen molar-refractivity contribution in [3.05, 3.63) is 20.8 Å². The van der Waals surface area contributed by atoms with Gasteiger partial charge in [-0.1, -0.05) is 0 Å². The van der Waals surface area contributed by atoms with Gasteiger partial charge in [0.05, 0.1) is 8.66 Å². The molecule has 0 aromatic carbocycles. The Morgan fingerprint density at radius 1 is 1.44 bits per heavy atom. The highest BCUT2D eigenvalue weighted by Gasteiger charge is 2.26. The maximum Gasteiger partial charge on any atom is 0.264 e. The molecule has 1 saturated heterocycles. The van der Waals surface area contributed by atoms with Crippen molar-refractivity contribution in [3.8, 4) is 0 Å². The van der Waals surface area contributed by atoms with Crippen LogP contribution in [0.4, 0.5) is 0 Å². The molecule has 1 aromatic heterocycles. The van der Waals surface area contributed by atoms with Gasteiger partial charge in [0.2, 0.25) is 5.91 Å². The van der Waals surface area contributed by atoms with Gasteiger partial charge in [-0.25, -0.2) is 0 Å². The van der Waals surface area contributed by atoms with E-state index in [0.29, 0.717) is 18.0 Å². The van der Waals surface area contributed by atoms with Crippen LogP contribution >= 0.6 is 27.3 Å². The Bertz CT molecular complexity index is 432. The smallest absolute Gasteiger partial charge is 0.264 e. The first-order valence-electron chi connectivity index (χ1n) is 4.86.